The third-order valence-corrected chi connectivity index (χ3v) is 18.2. The Hall–Kier alpha value is -0.320. The second-order valence-electron chi connectivity index (χ2n) is 13.2. The highest BCUT2D eigenvalue weighted by molar-refractivity contribution is 8.09. The van der Waals surface area contributed by atoms with Crippen LogP contribution in [0.5, 0.6) is 0 Å². The van der Waals surface area contributed by atoms with Gasteiger partial charge in [0.15, 0.2) is 0 Å². The van der Waals surface area contributed by atoms with Crippen molar-refractivity contribution in [2.45, 2.75) is 66.3 Å². The third kappa shape index (κ3) is 11.9. The Morgan fingerprint density at radius 1 is 0.438 bits per heavy atom. The molecular formula is C40H44S8. The van der Waals surface area contributed by atoms with E-state index in [0.717, 1.165) is 27.4 Å². The summed E-state index contributed by atoms with van der Waals surface area (Å²) in [7, 11) is 0. The molecule has 0 aromatic heterocycles. The molecule has 4 aromatic carbocycles. The van der Waals surface area contributed by atoms with Gasteiger partial charge in [-0.05, 0) is 77.2 Å². The molecule has 8 heteroatoms. The Labute approximate surface area is 322 Å². The second kappa shape index (κ2) is 17.5. The molecule has 4 fully saturated rings. The predicted octanol–water partition coefficient (Wildman–Crippen LogP) is 12.1. The molecule has 4 aliphatic heterocycles. The maximum Gasteiger partial charge on any atom is 0.0232 e. The lowest BCUT2D eigenvalue weighted by atomic mass is 9.78. The Morgan fingerprint density at radius 3 is 0.938 bits per heavy atom. The number of hydrogen-bond acceptors (Lipinski definition) is 8. The fraction of sp³-hybridized carbons (Fsp3) is 0.400. The van der Waals surface area contributed by atoms with Crippen molar-refractivity contribution in [2.75, 3.05) is 46.0 Å². The molecule has 4 heterocycles. The monoisotopic (exact) mass is 780 g/mol. The van der Waals surface area contributed by atoms with Crippen LogP contribution in [0.15, 0.2) is 117 Å². The van der Waals surface area contributed by atoms with Crippen LogP contribution in [0.1, 0.15) is 36.1 Å². The highest BCUT2D eigenvalue weighted by Crippen LogP contribution is 2.39. The van der Waals surface area contributed by atoms with Gasteiger partial charge < -0.3 is 0 Å². The number of rotatable bonds is 16. The molecule has 4 aromatic rings. The molecule has 0 aliphatic carbocycles. The molecule has 0 amide bonds. The van der Waals surface area contributed by atoms with E-state index in [9.17, 15) is 0 Å². The number of thioether (sulfide) groups is 8. The van der Waals surface area contributed by atoms with E-state index in [1.54, 1.807) is 0 Å². The van der Waals surface area contributed by atoms with Crippen LogP contribution in [0.4, 0.5) is 0 Å². The van der Waals surface area contributed by atoms with Crippen molar-refractivity contribution in [3.05, 3.63) is 119 Å². The van der Waals surface area contributed by atoms with Crippen molar-refractivity contribution in [1.29, 1.82) is 0 Å². The summed E-state index contributed by atoms with van der Waals surface area (Å²) in [6, 6.07) is 36.7. The first-order valence-corrected chi connectivity index (χ1v) is 25.0. The first kappa shape index (κ1) is 36.1. The molecule has 0 bridgehead atoms. The van der Waals surface area contributed by atoms with Gasteiger partial charge >= 0.3 is 0 Å². The van der Waals surface area contributed by atoms with Crippen LogP contribution < -0.4 is 0 Å². The van der Waals surface area contributed by atoms with Gasteiger partial charge in [-0.3, -0.25) is 0 Å². The summed E-state index contributed by atoms with van der Waals surface area (Å²) in [4.78, 5) is 5.62. The van der Waals surface area contributed by atoms with E-state index < -0.39 is 0 Å². The molecule has 0 saturated carbocycles. The summed E-state index contributed by atoms with van der Waals surface area (Å²) < 4.78 is 0. The van der Waals surface area contributed by atoms with Crippen molar-refractivity contribution >= 4 is 94.1 Å². The quantitative estimate of drug-likeness (QED) is 0.0804. The van der Waals surface area contributed by atoms with Crippen molar-refractivity contribution in [1.82, 2.24) is 0 Å². The Morgan fingerprint density at radius 2 is 0.688 bits per heavy atom. The summed E-state index contributed by atoms with van der Waals surface area (Å²) in [6.45, 7) is 4.66. The van der Waals surface area contributed by atoms with Crippen LogP contribution in [-0.2, 0) is 11.8 Å². The fourth-order valence-electron chi connectivity index (χ4n) is 5.16. The maximum absolute atomic E-state index is 2.33. The smallest absolute Gasteiger partial charge is 0.0232 e. The second-order valence-corrected chi connectivity index (χ2v) is 22.9. The highest BCUT2D eigenvalue weighted by Gasteiger charge is 2.26. The summed E-state index contributed by atoms with van der Waals surface area (Å²) >= 11 is 16.3. The molecular weight excluding hydrogens is 737 g/mol. The van der Waals surface area contributed by atoms with E-state index in [2.05, 4.69) is 158 Å². The minimum Gasteiger partial charge on any atom is -0.156 e. The third-order valence-electron chi connectivity index (χ3n) is 8.76. The van der Waals surface area contributed by atoms with E-state index in [4.69, 9.17) is 0 Å². The first-order valence-electron chi connectivity index (χ1n) is 16.8. The Balaban J connectivity index is 0.000000152. The van der Waals surface area contributed by atoms with Crippen molar-refractivity contribution in [3.8, 4) is 0 Å². The zero-order valence-electron chi connectivity index (χ0n) is 27.7. The Kier molecular flexibility index (Phi) is 13.1. The van der Waals surface area contributed by atoms with Crippen LogP contribution in [0.25, 0.3) is 0 Å². The average Bonchev–Trinajstić information content (AvgIpc) is 3.94. The lowest BCUT2D eigenvalue weighted by molar-refractivity contribution is 0.639. The van der Waals surface area contributed by atoms with Gasteiger partial charge in [0, 0.05) is 92.0 Å². The van der Waals surface area contributed by atoms with Gasteiger partial charge in [-0.1, -0.05) is 62.4 Å². The van der Waals surface area contributed by atoms with Gasteiger partial charge in [-0.2, -0.15) is 47.0 Å². The molecule has 0 spiro atoms. The van der Waals surface area contributed by atoms with E-state index >= 15 is 0 Å². The minimum absolute atomic E-state index is 0.0467. The van der Waals surface area contributed by atoms with Gasteiger partial charge in [0.05, 0.1) is 0 Å². The molecule has 0 nitrogen and oxygen atoms in total. The number of benzene rings is 4. The van der Waals surface area contributed by atoms with E-state index in [0.29, 0.717) is 0 Å². The lowest BCUT2D eigenvalue weighted by Crippen LogP contribution is -2.18. The van der Waals surface area contributed by atoms with Crippen molar-refractivity contribution in [2.24, 2.45) is 0 Å². The molecule has 0 radical (unpaired) electrons. The molecule has 4 aliphatic rings. The normalized spacial score (nSPS) is 22.0. The fourth-order valence-corrected chi connectivity index (χ4v) is 12.4. The largest absolute Gasteiger partial charge is 0.156 e. The standard InChI is InChI=1S/C21H24S4.C19H20S4/c1-21(2,15-3-7-17(8-4-15)22-11-19-13-24-19)16-5-9-18(10-6-16)23-12-20-14-25-20;1-5-16(20-10-18-12-22-18)6-2-14(1)9-15-3-7-17(8-4-15)21-11-19-13-23-19/h3-10,19-20H,11-14H2,1-2H3;1-8,18-19H,9-13H2. The van der Waals surface area contributed by atoms with E-state index in [-0.39, 0.29) is 5.41 Å². The lowest BCUT2D eigenvalue weighted by Gasteiger charge is -2.26. The maximum atomic E-state index is 2.33. The average molecular weight is 781 g/mol. The van der Waals surface area contributed by atoms with Crippen molar-refractivity contribution < 1.29 is 0 Å². The van der Waals surface area contributed by atoms with Crippen LogP contribution in [0, 0.1) is 0 Å². The SMILES string of the molecule is CC(C)(c1ccc(SCC2CS2)cc1)c1ccc(SCC2CS2)cc1.c1cc(SCC2CS2)ccc1Cc1ccc(SCC2CS2)cc1. The Bertz CT molecular complexity index is 1450. The molecule has 0 N–H and O–H groups in total. The van der Waals surface area contributed by atoms with Gasteiger partial charge in [0.2, 0.25) is 0 Å². The van der Waals surface area contributed by atoms with E-state index in [1.807, 2.05) is 47.0 Å². The zero-order chi connectivity index (χ0) is 32.8. The summed E-state index contributed by atoms with van der Waals surface area (Å²) in [6.07, 6.45) is 1.03. The summed E-state index contributed by atoms with van der Waals surface area (Å²) in [5, 5.41) is 3.62. The van der Waals surface area contributed by atoms with Crippen LogP contribution in [0.3, 0.4) is 0 Å². The first-order chi connectivity index (χ1) is 23.5. The summed E-state index contributed by atoms with van der Waals surface area (Å²) in [5.74, 6) is 10.5. The van der Waals surface area contributed by atoms with Crippen LogP contribution in [0.2, 0.25) is 0 Å². The van der Waals surface area contributed by atoms with Gasteiger partial charge in [0.25, 0.3) is 0 Å². The van der Waals surface area contributed by atoms with Crippen LogP contribution in [-0.4, -0.2) is 67.0 Å². The van der Waals surface area contributed by atoms with Gasteiger partial charge in [-0.15, -0.1) is 47.0 Å². The van der Waals surface area contributed by atoms with E-state index in [1.165, 1.54) is 87.9 Å². The molecule has 252 valence electrons. The molecule has 48 heavy (non-hydrogen) atoms. The van der Waals surface area contributed by atoms with Gasteiger partial charge in [0.1, 0.15) is 0 Å². The molecule has 4 unspecified atom stereocenters. The minimum atomic E-state index is 0.0467. The zero-order valence-corrected chi connectivity index (χ0v) is 34.2. The summed E-state index contributed by atoms with van der Waals surface area (Å²) in [5.41, 5.74) is 5.65. The van der Waals surface area contributed by atoms with Crippen LogP contribution >= 0.6 is 94.1 Å². The topological polar surface area (TPSA) is 0 Å². The molecule has 4 atom stereocenters. The molecule has 8 rings (SSSR count). The number of hydrogen-bond donors (Lipinski definition) is 0. The predicted molar refractivity (Wildman–Crippen MR) is 229 cm³/mol. The van der Waals surface area contributed by atoms with Gasteiger partial charge in [-0.25, -0.2) is 0 Å². The van der Waals surface area contributed by atoms with Crippen molar-refractivity contribution in [3.63, 3.8) is 0 Å². The highest BCUT2D eigenvalue weighted by atomic mass is 32.2. The molecule has 4 saturated heterocycles.